The van der Waals surface area contributed by atoms with E-state index in [0.717, 1.165) is 0 Å². The lowest BCUT2D eigenvalue weighted by molar-refractivity contribution is -0.568. The molecule has 0 aliphatic carbocycles. The van der Waals surface area contributed by atoms with Gasteiger partial charge < -0.3 is 10.2 Å². The van der Waals surface area contributed by atoms with Crippen LogP contribution in [-0.4, -0.2) is 33.9 Å². The molecule has 13 heavy (non-hydrogen) atoms. The molecule has 2 N–H and O–H groups in total. The Kier molecular flexibility index (Phi) is 5.57. The van der Waals surface area contributed by atoms with Crippen molar-refractivity contribution in [2.75, 3.05) is 13.2 Å². The second kappa shape index (κ2) is 5.88. The van der Waals surface area contributed by atoms with E-state index < -0.39 is 5.54 Å². The molecule has 5 nitrogen and oxygen atoms in total. The minimum absolute atomic E-state index is 0.0252. The molecule has 5 heteroatoms. The molecular weight excluding hydrogens is 174 g/mol. The lowest BCUT2D eigenvalue weighted by Gasteiger charge is -2.19. The van der Waals surface area contributed by atoms with E-state index in [-0.39, 0.29) is 18.1 Å². The summed E-state index contributed by atoms with van der Waals surface area (Å²) in [6.07, 6.45) is 1.58. The highest BCUT2D eigenvalue weighted by atomic mass is 16.6. The quantitative estimate of drug-likeness (QED) is 0.455. The number of aliphatic hydroxyl groups excluding tert-OH is 2. The molecule has 0 aromatic carbocycles. The third-order valence-corrected chi connectivity index (χ3v) is 2.19. The standard InChI is InChI=1S/C8H17NO4/c1-8(9(12)13,4-2-6-10)5-3-7-11/h10-11H,2-7H2,1H3. The molecule has 0 unspecified atom stereocenters. The summed E-state index contributed by atoms with van der Waals surface area (Å²) in [5, 5.41) is 27.8. The van der Waals surface area contributed by atoms with Crippen molar-refractivity contribution in [2.45, 2.75) is 38.1 Å². The van der Waals surface area contributed by atoms with E-state index >= 15 is 0 Å². The van der Waals surface area contributed by atoms with Crippen LogP contribution in [0.5, 0.6) is 0 Å². The highest BCUT2D eigenvalue weighted by Gasteiger charge is 2.35. The minimum atomic E-state index is -0.995. The first-order valence-electron chi connectivity index (χ1n) is 4.43. The van der Waals surface area contributed by atoms with Gasteiger partial charge in [0.1, 0.15) is 0 Å². The van der Waals surface area contributed by atoms with Crippen molar-refractivity contribution in [3.63, 3.8) is 0 Å². The van der Waals surface area contributed by atoms with Gasteiger partial charge in [-0.15, -0.1) is 0 Å². The van der Waals surface area contributed by atoms with Crippen LogP contribution in [0.2, 0.25) is 0 Å². The molecule has 0 bridgehead atoms. The maximum absolute atomic E-state index is 10.7. The van der Waals surface area contributed by atoms with Gasteiger partial charge in [-0.05, 0) is 12.8 Å². The molecule has 0 fully saturated rings. The van der Waals surface area contributed by atoms with Gasteiger partial charge in [0, 0.05) is 37.9 Å². The number of rotatable bonds is 7. The second-order valence-corrected chi connectivity index (χ2v) is 3.41. The van der Waals surface area contributed by atoms with Crippen LogP contribution < -0.4 is 0 Å². The smallest absolute Gasteiger partial charge is 0.219 e. The van der Waals surface area contributed by atoms with E-state index in [1.165, 1.54) is 0 Å². The van der Waals surface area contributed by atoms with Crippen LogP contribution in [0.4, 0.5) is 0 Å². The third kappa shape index (κ3) is 4.19. The Hall–Kier alpha value is -0.680. The summed E-state index contributed by atoms with van der Waals surface area (Å²) in [4.78, 5) is 10.4. The number of nitro groups is 1. The summed E-state index contributed by atoms with van der Waals surface area (Å²) in [6, 6.07) is 0. The summed E-state index contributed by atoms with van der Waals surface area (Å²) in [5.41, 5.74) is -0.995. The Morgan fingerprint density at radius 2 is 1.62 bits per heavy atom. The molecular formula is C8H17NO4. The van der Waals surface area contributed by atoms with Crippen molar-refractivity contribution < 1.29 is 15.1 Å². The van der Waals surface area contributed by atoms with Gasteiger partial charge in [-0.2, -0.15) is 0 Å². The summed E-state index contributed by atoms with van der Waals surface area (Å²) >= 11 is 0. The molecule has 0 atom stereocenters. The van der Waals surface area contributed by atoms with Crippen LogP contribution in [0.3, 0.4) is 0 Å². The van der Waals surface area contributed by atoms with Crippen molar-refractivity contribution in [3.8, 4) is 0 Å². The van der Waals surface area contributed by atoms with Gasteiger partial charge in [-0.3, -0.25) is 10.1 Å². The van der Waals surface area contributed by atoms with Crippen LogP contribution in [-0.2, 0) is 0 Å². The molecule has 0 rings (SSSR count). The van der Waals surface area contributed by atoms with Crippen LogP contribution in [0.15, 0.2) is 0 Å². The van der Waals surface area contributed by atoms with Gasteiger partial charge in [0.05, 0.1) is 0 Å². The molecule has 0 aromatic rings. The largest absolute Gasteiger partial charge is 0.396 e. The molecule has 0 spiro atoms. The third-order valence-electron chi connectivity index (χ3n) is 2.19. The van der Waals surface area contributed by atoms with Gasteiger partial charge in [-0.25, -0.2) is 0 Å². The average molecular weight is 191 g/mol. The normalized spacial score (nSPS) is 11.6. The van der Waals surface area contributed by atoms with E-state index in [1.54, 1.807) is 6.92 Å². The number of hydrogen-bond donors (Lipinski definition) is 2. The van der Waals surface area contributed by atoms with E-state index in [2.05, 4.69) is 0 Å². The van der Waals surface area contributed by atoms with E-state index in [0.29, 0.717) is 25.7 Å². The average Bonchev–Trinajstić information content (AvgIpc) is 2.11. The van der Waals surface area contributed by atoms with Gasteiger partial charge in [0.15, 0.2) is 0 Å². The first-order chi connectivity index (χ1) is 6.06. The Balaban J connectivity index is 4.08. The first kappa shape index (κ1) is 12.3. The summed E-state index contributed by atoms with van der Waals surface area (Å²) in [6.45, 7) is 1.50. The van der Waals surface area contributed by atoms with Gasteiger partial charge in [0.25, 0.3) is 0 Å². The van der Waals surface area contributed by atoms with Crippen LogP contribution in [0, 0.1) is 10.1 Å². The summed E-state index contributed by atoms with van der Waals surface area (Å²) in [5.74, 6) is 0. The summed E-state index contributed by atoms with van der Waals surface area (Å²) < 4.78 is 0. The molecule has 78 valence electrons. The Labute approximate surface area is 77.5 Å². The highest BCUT2D eigenvalue weighted by Crippen LogP contribution is 2.22. The molecule has 0 saturated carbocycles. The van der Waals surface area contributed by atoms with Crippen molar-refractivity contribution in [1.82, 2.24) is 0 Å². The molecule has 0 aromatic heterocycles. The Morgan fingerprint density at radius 3 is 1.85 bits per heavy atom. The Morgan fingerprint density at radius 1 is 1.23 bits per heavy atom. The van der Waals surface area contributed by atoms with Crippen LogP contribution >= 0.6 is 0 Å². The monoisotopic (exact) mass is 191 g/mol. The van der Waals surface area contributed by atoms with Gasteiger partial charge in [0.2, 0.25) is 5.54 Å². The maximum Gasteiger partial charge on any atom is 0.219 e. The fraction of sp³-hybridized carbons (Fsp3) is 1.00. The van der Waals surface area contributed by atoms with Crippen molar-refractivity contribution in [1.29, 1.82) is 0 Å². The zero-order valence-corrected chi connectivity index (χ0v) is 7.90. The number of aliphatic hydroxyl groups is 2. The van der Waals surface area contributed by atoms with Crippen molar-refractivity contribution >= 4 is 0 Å². The molecule has 0 aliphatic rings. The SMILES string of the molecule is CC(CCCO)(CCCO)[N+](=O)[O-]. The predicted molar refractivity (Wildman–Crippen MR) is 48.0 cm³/mol. The fourth-order valence-electron chi connectivity index (χ4n) is 1.23. The molecule has 0 aliphatic heterocycles. The minimum Gasteiger partial charge on any atom is -0.396 e. The topological polar surface area (TPSA) is 83.6 Å². The number of nitrogens with zero attached hydrogens (tertiary/aromatic N) is 1. The van der Waals surface area contributed by atoms with Crippen molar-refractivity contribution in [2.24, 2.45) is 0 Å². The molecule has 0 saturated heterocycles. The van der Waals surface area contributed by atoms with Gasteiger partial charge in [-0.1, -0.05) is 0 Å². The van der Waals surface area contributed by atoms with E-state index in [9.17, 15) is 10.1 Å². The lowest BCUT2D eigenvalue weighted by Crippen LogP contribution is -2.35. The predicted octanol–water partition coefficient (Wildman–Crippen LogP) is 0.567. The number of hydrogen-bond acceptors (Lipinski definition) is 4. The van der Waals surface area contributed by atoms with Gasteiger partial charge >= 0.3 is 0 Å². The second-order valence-electron chi connectivity index (χ2n) is 3.41. The summed E-state index contributed by atoms with van der Waals surface area (Å²) in [7, 11) is 0. The Bertz CT molecular complexity index is 152. The first-order valence-corrected chi connectivity index (χ1v) is 4.43. The zero-order chi connectivity index (χ0) is 10.3. The highest BCUT2D eigenvalue weighted by molar-refractivity contribution is 4.73. The van der Waals surface area contributed by atoms with Crippen molar-refractivity contribution in [3.05, 3.63) is 10.1 Å². The molecule has 0 heterocycles. The van der Waals surface area contributed by atoms with Crippen LogP contribution in [0.25, 0.3) is 0 Å². The molecule has 0 amide bonds. The molecule has 0 radical (unpaired) electrons. The zero-order valence-electron chi connectivity index (χ0n) is 7.90. The lowest BCUT2D eigenvalue weighted by atomic mass is 9.91. The van der Waals surface area contributed by atoms with Crippen LogP contribution in [0.1, 0.15) is 32.6 Å². The van der Waals surface area contributed by atoms with E-state index in [4.69, 9.17) is 10.2 Å². The fourth-order valence-corrected chi connectivity index (χ4v) is 1.23. The maximum atomic E-state index is 10.7. The van der Waals surface area contributed by atoms with E-state index in [1.807, 2.05) is 0 Å².